The van der Waals surface area contributed by atoms with Crippen LogP contribution in [0.15, 0.2) is 18.5 Å². The minimum absolute atomic E-state index is 0.0673. The quantitative estimate of drug-likeness (QED) is 0.877. The van der Waals surface area contributed by atoms with Crippen molar-refractivity contribution in [2.45, 2.75) is 31.4 Å². The Kier molecular flexibility index (Phi) is 3.38. The maximum atomic E-state index is 12.7. The maximum Gasteiger partial charge on any atom is 0.257 e. The molecule has 5 nitrogen and oxygen atoms in total. The number of nitrogens with one attached hydrogen (secondary N) is 1. The third kappa shape index (κ3) is 2.18. The van der Waals surface area contributed by atoms with Gasteiger partial charge in [-0.3, -0.25) is 9.78 Å². The lowest BCUT2D eigenvalue weighted by molar-refractivity contribution is -0.0445. The molecule has 1 aromatic heterocycles. The first-order chi connectivity index (χ1) is 9.31. The van der Waals surface area contributed by atoms with Crippen LogP contribution in [0.1, 0.15) is 29.6 Å². The number of hydrogen-bond donors (Lipinski definition) is 1. The molecule has 2 heterocycles. The van der Waals surface area contributed by atoms with Gasteiger partial charge in [0.15, 0.2) is 0 Å². The number of pyridine rings is 1. The minimum Gasteiger partial charge on any atom is -0.387 e. The highest BCUT2D eigenvalue weighted by Gasteiger charge is 2.39. The number of nitrogens with zero attached hydrogens (tertiary/aromatic N) is 2. The molecule has 1 aliphatic carbocycles. The summed E-state index contributed by atoms with van der Waals surface area (Å²) >= 11 is 0. The highest BCUT2D eigenvalue weighted by atomic mass is 16.5. The van der Waals surface area contributed by atoms with Gasteiger partial charge in [-0.15, -0.1) is 0 Å². The number of anilines is 1. The van der Waals surface area contributed by atoms with E-state index in [4.69, 9.17) is 4.74 Å². The molecule has 2 fully saturated rings. The van der Waals surface area contributed by atoms with E-state index in [9.17, 15) is 4.79 Å². The van der Waals surface area contributed by atoms with E-state index < -0.39 is 0 Å². The number of ether oxygens (including phenoxy) is 1. The van der Waals surface area contributed by atoms with Crippen molar-refractivity contribution in [2.24, 2.45) is 0 Å². The minimum atomic E-state index is 0.0673. The number of morpholine rings is 1. The lowest BCUT2D eigenvalue weighted by atomic mass is 10.1. The molecular formula is C14H19N3O2. The van der Waals surface area contributed by atoms with Crippen molar-refractivity contribution >= 4 is 11.6 Å². The zero-order valence-corrected chi connectivity index (χ0v) is 11.1. The van der Waals surface area contributed by atoms with Crippen LogP contribution >= 0.6 is 0 Å². The fraction of sp³-hybridized carbons (Fsp3) is 0.571. The molecule has 1 amide bonds. The Bertz CT molecular complexity index is 478. The van der Waals surface area contributed by atoms with Crippen LogP contribution in [0.3, 0.4) is 0 Å². The number of aromatic nitrogens is 1. The SMILES string of the molecule is CNc1ccncc1C(=O)N1CCOC2CCCC21. The molecule has 0 bridgehead atoms. The van der Waals surface area contributed by atoms with E-state index in [1.165, 1.54) is 0 Å². The maximum absolute atomic E-state index is 12.7. The molecule has 102 valence electrons. The van der Waals surface area contributed by atoms with Crippen LogP contribution in [0.5, 0.6) is 0 Å². The van der Waals surface area contributed by atoms with Crippen LogP contribution in [0.25, 0.3) is 0 Å². The van der Waals surface area contributed by atoms with Crippen molar-refractivity contribution in [3.63, 3.8) is 0 Å². The highest BCUT2D eigenvalue weighted by molar-refractivity contribution is 5.99. The van der Waals surface area contributed by atoms with Crippen molar-refractivity contribution in [1.29, 1.82) is 0 Å². The highest BCUT2D eigenvalue weighted by Crippen LogP contribution is 2.31. The van der Waals surface area contributed by atoms with Gasteiger partial charge in [0.25, 0.3) is 5.91 Å². The van der Waals surface area contributed by atoms with Crippen LogP contribution in [-0.4, -0.2) is 48.1 Å². The second-order valence-corrected chi connectivity index (χ2v) is 5.08. The number of hydrogen-bond acceptors (Lipinski definition) is 4. The summed E-state index contributed by atoms with van der Waals surface area (Å²) in [7, 11) is 1.82. The fourth-order valence-electron chi connectivity index (χ4n) is 3.12. The molecule has 2 aliphatic rings. The first kappa shape index (κ1) is 12.4. The molecule has 3 rings (SSSR count). The summed E-state index contributed by atoms with van der Waals surface area (Å²) in [6.07, 6.45) is 6.83. The van der Waals surface area contributed by atoms with E-state index in [0.29, 0.717) is 18.7 Å². The molecule has 1 saturated heterocycles. The Hall–Kier alpha value is -1.62. The number of amides is 1. The molecule has 2 unspecified atom stereocenters. The molecule has 19 heavy (non-hydrogen) atoms. The summed E-state index contributed by atoms with van der Waals surface area (Å²) in [5.41, 5.74) is 1.48. The zero-order chi connectivity index (χ0) is 13.2. The number of carbonyl (C=O) groups is 1. The lowest BCUT2D eigenvalue weighted by Gasteiger charge is -2.37. The second kappa shape index (κ2) is 5.17. The average Bonchev–Trinajstić information content (AvgIpc) is 2.94. The van der Waals surface area contributed by atoms with Gasteiger partial charge < -0.3 is 15.0 Å². The van der Waals surface area contributed by atoms with Gasteiger partial charge in [-0.25, -0.2) is 0 Å². The molecule has 1 aromatic rings. The summed E-state index contributed by atoms with van der Waals surface area (Å²) in [4.78, 5) is 18.8. The van der Waals surface area contributed by atoms with E-state index in [1.54, 1.807) is 12.4 Å². The van der Waals surface area contributed by atoms with Crippen molar-refractivity contribution in [3.05, 3.63) is 24.0 Å². The van der Waals surface area contributed by atoms with E-state index >= 15 is 0 Å². The Labute approximate surface area is 113 Å². The molecule has 1 N–H and O–H groups in total. The predicted molar refractivity (Wildman–Crippen MR) is 72.2 cm³/mol. The normalized spacial score (nSPS) is 26.1. The van der Waals surface area contributed by atoms with Crippen molar-refractivity contribution in [3.8, 4) is 0 Å². The van der Waals surface area contributed by atoms with Gasteiger partial charge in [0.1, 0.15) is 0 Å². The number of fused-ring (bicyclic) bond motifs is 1. The Balaban J connectivity index is 1.86. The van der Waals surface area contributed by atoms with Crippen LogP contribution in [0, 0.1) is 0 Å². The van der Waals surface area contributed by atoms with Gasteiger partial charge in [-0.05, 0) is 25.3 Å². The van der Waals surface area contributed by atoms with Crippen molar-refractivity contribution in [2.75, 3.05) is 25.5 Å². The number of carbonyl (C=O) groups excluding carboxylic acids is 1. The summed E-state index contributed by atoms with van der Waals surface area (Å²) in [5.74, 6) is 0.0673. The van der Waals surface area contributed by atoms with Crippen LogP contribution in [0.4, 0.5) is 5.69 Å². The molecule has 2 atom stereocenters. The fourth-order valence-corrected chi connectivity index (χ4v) is 3.12. The Morgan fingerprint density at radius 2 is 2.42 bits per heavy atom. The standard InChI is InChI=1S/C14H19N3O2/c1-15-11-5-6-16-9-10(11)14(18)17-7-8-19-13-4-2-3-12(13)17/h5-6,9,12-13H,2-4,7-8H2,1H3,(H,15,16). The van der Waals surface area contributed by atoms with E-state index in [0.717, 1.165) is 24.9 Å². The summed E-state index contributed by atoms with van der Waals surface area (Å²) in [6.45, 7) is 1.32. The summed E-state index contributed by atoms with van der Waals surface area (Å²) in [5, 5.41) is 3.06. The molecule has 0 aromatic carbocycles. The monoisotopic (exact) mass is 261 g/mol. The Morgan fingerprint density at radius 1 is 1.53 bits per heavy atom. The average molecular weight is 261 g/mol. The zero-order valence-electron chi connectivity index (χ0n) is 11.1. The lowest BCUT2D eigenvalue weighted by Crippen LogP contribution is -2.51. The smallest absolute Gasteiger partial charge is 0.257 e. The van der Waals surface area contributed by atoms with E-state index in [2.05, 4.69) is 10.3 Å². The van der Waals surface area contributed by atoms with Gasteiger partial charge in [0, 0.05) is 31.7 Å². The van der Waals surface area contributed by atoms with Crippen molar-refractivity contribution in [1.82, 2.24) is 9.88 Å². The van der Waals surface area contributed by atoms with E-state index in [-0.39, 0.29) is 18.1 Å². The Morgan fingerprint density at radius 3 is 3.26 bits per heavy atom. The third-order valence-corrected chi connectivity index (χ3v) is 4.06. The van der Waals surface area contributed by atoms with Crippen LogP contribution in [-0.2, 0) is 4.74 Å². The van der Waals surface area contributed by atoms with E-state index in [1.807, 2.05) is 18.0 Å². The van der Waals surface area contributed by atoms with Crippen molar-refractivity contribution < 1.29 is 9.53 Å². The first-order valence-corrected chi connectivity index (χ1v) is 6.85. The van der Waals surface area contributed by atoms with Gasteiger partial charge in [-0.2, -0.15) is 0 Å². The first-order valence-electron chi connectivity index (χ1n) is 6.85. The van der Waals surface area contributed by atoms with Gasteiger partial charge in [0.2, 0.25) is 0 Å². The second-order valence-electron chi connectivity index (χ2n) is 5.08. The topological polar surface area (TPSA) is 54.5 Å². The molecular weight excluding hydrogens is 242 g/mol. The number of rotatable bonds is 2. The van der Waals surface area contributed by atoms with Crippen LogP contribution < -0.4 is 5.32 Å². The molecule has 0 spiro atoms. The molecule has 1 saturated carbocycles. The molecule has 0 radical (unpaired) electrons. The van der Waals surface area contributed by atoms with Gasteiger partial charge in [0.05, 0.1) is 24.3 Å². The molecule has 5 heteroatoms. The van der Waals surface area contributed by atoms with Crippen LogP contribution in [0.2, 0.25) is 0 Å². The third-order valence-electron chi connectivity index (χ3n) is 4.06. The summed E-state index contributed by atoms with van der Waals surface area (Å²) < 4.78 is 5.75. The largest absolute Gasteiger partial charge is 0.387 e. The van der Waals surface area contributed by atoms with Gasteiger partial charge in [-0.1, -0.05) is 0 Å². The molecule has 1 aliphatic heterocycles. The predicted octanol–water partition coefficient (Wildman–Crippen LogP) is 1.52. The van der Waals surface area contributed by atoms with Gasteiger partial charge >= 0.3 is 0 Å². The summed E-state index contributed by atoms with van der Waals surface area (Å²) in [6, 6.07) is 2.07.